The summed E-state index contributed by atoms with van der Waals surface area (Å²) in [6, 6.07) is 2.53. The summed E-state index contributed by atoms with van der Waals surface area (Å²) < 4.78 is 36.4. The van der Waals surface area contributed by atoms with Gasteiger partial charge in [0, 0.05) is 11.9 Å². The first kappa shape index (κ1) is 11.4. The van der Waals surface area contributed by atoms with Crippen molar-refractivity contribution in [3.63, 3.8) is 0 Å². The summed E-state index contributed by atoms with van der Waals surface area (Å²) in [6.45, 7) is 0. The predicted molar refractivity (Wildman–Crippen MR) is 53.8 cm³/mol. The quantitative estimate of drug-likeness (QED) is 0.761. The van der Waals surface area contributed by atoms with Crippen molar-refractivity contribution >= 4 is 10.9 Å². The van der Waals surface area contributed by atoms with Crippen molar-refractivity contribution in [2.45, 2.75) is 11.9 Å². The van der Waals surface area contributed by atoms with Gasteiger partial charge in [-0.25, -0.2) is 0 Å². The average Bonchev–Trinajstić information content (AvgIpc) is 2.02. The molecule has 1 aromatic heterocycles. The number of thiol groups is 1. The molecule has 14 heavy (non-hydrogen) atoms. The van der Waals surface area contributed by atoms with Crippen LogP contribution >= 0.6 is 10.9 Å². The summed E-state index contributed by atoms with van der Waals surface area (Å²) in [5, 5.41) is 0. The van der Waals surface area contributed by atoms with Crippen LogP contribution in [0.3, 0.4) is 0 Å². The highest BCUT2D eigenvalue weighted by molar-refractivity contribution is 8.15. The van der Waals surface area contributed by atoms with E-state index in [4.69, 9.17) is 0 Å². The highest BCUT2D eigenvalue weighted by atomic mass is 32.2. The number of pyridine rings is 1. The van der Waals surface area contributed by atoms with Gasteiger partial charge in [-0.3, -0.25) is 15.9 Å². The molecule has 0 N–H and O–H groups in total. The summed E-state index contributed by atoms with van der Waals surface area (Å²) in [5.41, 5.74) is 0.0481. The minimum atomic E-state index is -4.33. The number of nitrogens with zero attached hydrogens (tertiary/aromatic N) is 1. The van der Waals surface area contributed by atoms with Crippen molar-refractivity contribution in [1.29, 1.82) is 0 Å². The molecule has 0 spiro atoms. The van der Waals surface area contributed by atoms with Gasteiger partial charge in [0.1, 0.15) is 5.69 Å². The molecular weight excluding hydrogens is 211 g/mol. The minimum absolute atomic E-state index is 0.136. The maximum Gasteiger partial charge on any atom is 0.433 e. The van der Waals surface area contributed by atoms with E-state index in [1.807, 2.05) is 0 Å². The maximum absolute atomic E-state index is 12.1. The zero-order chi connectivity index (χ0) is 10.8. The Morgan fingerprint density at radius 3 is 2.29 bits per heavy atom. The van der Waals surface area contributed by atoms with Crippen LogP contribution in [-0.2, 0) is 11.9 Å². The van der Waals surface area contributed by atoms with Crippen LogP contribution in [-0.4, -0.2) is 17.5 Å². The third-order valence-corrected chi connectivity index (χ3v) is 2.61. The number of alkyl halides is 3. The first-order chi connectivity index (χ1) is 6.39. The smallest absolute Gasteiger partial charge is 0.255 e. The fourth-order valence-corrected chi connectivity index (χ4v) is 1.97. The summed E-state index contributed by atoms with van der Waals surface area (Å²) in [7, 11) is -0.136. The normalized spacial score (nSPS) is 12.8. The second-order valence-electron chi connectivity index (χ2n) is 3.29. The van der Waals surface area contributed by atoms with Crippen molar-refractivity contribution in [2.75, 3.05) is 12.5 Å². The van der Waals surface area contributed by atoms with E-state index < -0.39 is 11.9 Å². The molecule has 0 bridgehead atoms. The van der Waals surface area contributed by atoms with Crippen LogP contribution in [0.2, 0.25) is 0 Å². The Morgan fingerprint density at radius 1 is 1.29 bits per heavy atom. The van der Waals surface area contributed by atoms with E-state index >= 15 is 0 Å². The Morgan fingerprint density at radius 2 is 1.93 bits per heavy atom. The van der Waals surface area contributed by atoms with E-state index in [2.05, 4.69) is 17.5 Å². The molecule has 1 nitrogen and oxygen atoms in total. The largest absolute Gasteiger partial charge is 0.433 e. The standard InChI is InChI=1S/C9H12F3NS/c1-14(2)6-7-3-4-8(13-5-7)9(10,11)12/h3-5,14H,6H2,1-2H3. The number of hydrogen-bond donors (Lipinski definition) is 1. The fraction of sp³-hybridized carbons (Fsp3) is 0.444. The van der Waals surface area contributed by atoms with Crippen LogP contribution in [0.15, 0.2) is 18.3 Å². The predicted octanol–water partition coefficient (Wildman–Crippen LogP) is 2.86. The molecule has 0 aliphatic carbocycles. The van der Waals surface area contributed by atoms with Gasteiger partial charge >= 0.3 is 6.18 Å². The van der Waals surface area contributed by atoms with E-state index in [1.54, 1.807) is 0 Å². The second kappa shape index (κ2) is 4.21. The van der Waals surface area contributed by atoms with Gasteiger partial charge in [0.05, 0.1) is 0 Å². The number of hydrogen-bond acceptors (Lipinski definition) is 1. The first-order valence-electron chi connectivity index (χ1n) is 4.06. The molecule has 80 valence electrons. The number of halogens is 3. The van der Waals surface area contributed by atoms with Crippen LogP contribution in [0.4, 0.5) is 13.2 Å². The lowest BCUT2D eigenvalue weighted by molar-refractivity contribution is -0.141. The third-order valence-electron chi connectivity index (χ3n) is 1.61. The second-order valence-corrected chi connectivity index (χ2v) is 5.76. The fourth-order valence-electron chi connectivity index (χ4n) is 1.05. The maximum atomic E-state index is 12.1. The Balaban J connectivity index is 2.79. The lowest BCUT2D eigenvalue weighted by Gasteiger charge is -2.10. The van der Waals surface area contributed by atoms with Gasteiger partial charge in [0.15, 0.2) is 0 Å². The molecule has 0 atom stereocenters. The summed E-state index contributed by atoms with van der Waals surface area (Å²) in [6.07, 6.45) is 1.13. The molecule has 0 saturated heterocycles. The zero-order valence-electron chi connectivity index (χ0n) is 7.97. The van der Waals surface area contributed by atoms with Crippen LogP contribution < -0.4 is 0 Å². The van der Waals surface area contributed by atoms with Crippen molar-refractivity contribution in [3.8, 4) is 0 Å². The molecule has 1 heterocycles. The van der Waals surface area contributed by atoms with Crippen LogP contribution in [0, 0.1) is 0 Å². The monoisotopic (exact) mass is 223 g/mol. The van der Waals surface area contributed by atoms with Gasteiger partial charge in [0.25, 0.3) is 0 Å². The van der Waals surface area contributed by atoms with Crippen molar-refractivity contribution in [2.24, 2.45) is 0 Å². The van der Waals surface area contributed by atoms with Crippen molar-refractivity contribution in [3.05, 3.63) is 29.6 Å². The SMILES string of the molecule is C[SH](C)Cc1ccc(C(F)(F)F)nc1. The molecule has 0 fully saturated rings. The van der Waals surface area contributed by atoms with Gasteiger partial charge in [-0.05, 0) is 24.1 Å². The molecule has 0 aliphatic rings. The Bertz CT molecular complexity index is 292. The molecule has 5 heteroatoms. The molecule has 0 aromatic carbocycles. The van der Waals surface area contributed by atoms with E-state index in [0.29, 0.717) is 0 Å². The molecule has 0 saturated carbocycles. The molecule has 0 unspecified atom stereocenters. The zero-order valence-corrected chi connectivity index (χ0v) is 8.86. The summed E-state index contributed by atoms with van der Waals surface area (Å²) in [5.74, 6) is 0.820. The lowest BCUT2D eigenvalue weighted by atomic mass is 10.3. The Hall–Kier alpha value is -0.710. The molecule has 0 amide bonds. The van der Waals surface area contributed by atoms with Crippen molar-refractivity contribution in [1.82, 2.24) is 4.98 Å². The highest BCUT2D eigenvalue weighted by Gasteiger charge is 2.31. The van der Waals surface area contributed by atoms with Crippen molar-refractivity contribution < 1.29 is 13.2 Å². The van der Waals surface area contributed by atoms with Gasteiger partial charge in [0.2, 0.25) is 0 Å². The summed E-state index contributed by atoms with van der Waals surface area (Å²) >= 11 is 0. The molecule has 0 radical (unpaired) electrons. The van der Waals surface area contributed by atoms with Crippen LogP contribution in [0.5, 0.6) is 0 Å². The summed E-state index contributed by atoms with van der Waals surface area (Å²) in [4.78, 5) is 3.39. The third kappa shape index (κ3) is 3.21. The van der Waals surface area contributed by atoms with Crippen LogP contribution in [0.25, 0.3) is 0 Å². The molecule has 1 aromatic rings. The number of rotatable bonds is 2. The van der Waals surface area contributed by atoms with E-state index in [1.165, 1.54) is 12.3 Å². The first-order valence-corrected chi connectivity index (χ1v) is 6.48. The molecule has 0 aliphatic heterocycles. The topological polar surface area (TPSA) is 12.9 Å². The average molecular weight is 223 g/mol. The van der Waals surface area contributed by atoms with E-state index in [-0.39, 0.29) is 10.9 Å². The minimum Gasteiger partial charge on any atom is -0.255 e. The highest BCUT2D eigenvalue weighted by Crippen LogP contribution is 2.28. The van der Waals surface area contributed by atoms with Gasteiger partial charge < -0.3 is 0 Å². The molecule has 1 rings (SSSR count). The molecular formula is C9H12F3NS. The Kier molecular flexibility index (Phi) is 3.42. The Labute approximate surface area is 83.7 Å². The van der Waals surface area contributed by atoms with E-state index in [0.717, 1.165) is 17.4 Å². The van der Waals surface area contributed by atoms with Crippen LogP contribution in [0.1, 0.15) is 11.3 Å². The number of aromatic nitrogens is 1. The van der Waals surface area contributed by atoms with E-state index in [9.17, 15) is 13.2 Å². The van der Waals surface area contributed by atoms with Gasteiger partial charge in [-0.15, -0.1) is 0 Å². The lowest BCUT2D eigenvalue weighted by Crippen LogP contribution is -2.07. The van der Waals surface area contributed by atoms with Gasteiger partial charge in [-0.1, -0.05) is 6.07 Å². The van der Waals surface area contributed by atoms with Gasteiger partial charge in [-0.2, -0.15) is 13.2 Å².